The summed E-state index contributed by atoms with van der Waals surface area (Å²) in [6, 6.07) is 5.46. The molecule has 2 aromatic heterocycles. The quantitative estimate of drug-likeness (QED) is 0.505. The van der Waals surface area contributed by atoms with Gasteiger partial charge in [-0.1, -0.05) is 11.3 Å². The average molecular weight is 501 g/mol. The van der Waals surface area contributed by atoms with E-state index in [0.29, 0.717) is 22.0 Å². The van der Waals surface area contributed by atoms with Crippen molar-refractivity contribution in [1.29, 1.82) is 0 Å². The minimum Gasteiger partial charge on any atom is -0.479 e. The number of ether oxygens (including phenoxy) is 2. The van der Waals surface area contributed by atoms with Gasteiger partial charge in [-0.2, -0.15) is 0 Å². The normalized spacial score (nSPS) is 15.2. The molecule has 1 aliphatic heterocycles. The molecular formula is C23H24N4O5S2. The van der Waals surface area contributed by atoms with Crippen molar-refractivity contribution in [3.63, 3.8) is 0 Å². The third-order valence-electron chi connectivity index (χ3n) is 4.95. The Hall–Kier alpha value is -3.31. The number of nitrogens with one attached hydrogen (secondary N) is 1. The van der Waals surface area contributed by atoms with Crippen LogP contribution in [0.5, 0.6) is 5.75 Å². The summed E-state index contributed by atoms with van der Waals surface area (Å²) in [5.74, 6) is -0.743. The van der Waals surface area contributed by atoms with Crippen LogP contribution in [-0.4, -0.2) is 46.5 Å². The molecule has 0 radical (unpaired) electrons. The fourth-order valence-electron chi connectivity index (χ4n) is 3.43. The smallest absolute Gasteiger partial charge is 0.350 e. The summed E-state index contributed by atoms with van der Waals surface area (Å²) in [6.45, 7) is 8.53. The predicted octanol–water partition coefficient (Wildman–Crippen LogP) is 4.20. The van der Waals surface area contributed by atoms with Crippen molar-refractivity contribution in [2.75, 3.05) is 16.8 Å². The van der Waals surface area contributed by atoms with Crippen LogP contribution in [0.2, 0.25) is 0 Å². The molecule has 1 N–H and O–H groups in total. The number of hydrogen-bond acceptors (Lipinski definition) is 9. The molecule has 2 amide bonds. The van der Waals surface area contributed by atoms with E-state index in [2.05, 4.69) is 15.3 Å². The number of benzene rings is 1. The zero-order chi connectivity index (χ0) is 24.6. The van der Waals surface area contributed by atoms with Gasteiger partial charge in [-0.25, -0.2) is 14.8 Å². The summed E-state index contributed by atoms with van der Waals surface area (Å²) >= 11 is 2.57. The van der Waals surface area contributed by atoms with E-state index < -0.39 is 18.0 Å². The molecule has 0 spiro atoms. The number of nitrogens with zero attached hydrogens (tertiary/aromatic N) is 3. The molecular weight excluding hydrogens is 476 g/mol. The first kappa shape index (κ1) is 23.8. The van der Waals surface area contributed by atoms with Crippen molar-refractivity contribution in [2.45, 2.75) is 46.8 Å². The van der Waals surface area contributed by atoms with Crippen LogP contribution in [0.4, 0.5) is 10.8 Å². The molecule has 0 fully saturated rings. The van der Waals surface area contributed by atoms with E-state index >= 15 is 0 Å². The lowest BCUT2D eigenvalue weighted by Crippen LogP contribution is -2.47. The Labute approximate surface area is 204 Å². The summed E-state index contributed by atoms with van der Waals surface area (Å²) in [5.41, 5.74) is 2.58. The Balaban J connectivity index is 1.55. The summed E-state index contributed by atoms with van der Waals surface area (Å²) in [6.07, 6.45) is -0.994. The van der Waals surface area contributed by atoms with Crippen LogP contribution >= 0.6 is 22.7 Å². The average Bonchev–Trinajstić information content (AvgIpc) is 3.36. The Morgan fingerprint density at radius 3 is 2.71 bits per heavy atom. The Morgan fingerprint density at radius 2 is 2.03 bits per heavy atom. The molecule has 1 aliphatic rings. The van der Waals surface area contributed by atoms with Crippen LogP contribution in [0.1, 0.15) is 41.1 Å². The number of hydrogen-bond donors (Lipinski definition) is 1. The van der Waals surface area contributed by atoms with Gasteiger partial charge in [-0.05, 0) is 52.8 Å². The Morgan fingerprint density at radius 1 is 1.26 bits per heavy atom. The largest absolute Gasteiger partial charge is 0.479 e. The topological polar surface area (TPSA) is 111 Å². The van der Waals surface area contributed by atoms with Crippen molar-refractivity contribution in [3.8, 4) is 17.0 Å². The van der Waals surface area contributed by atoms with Gasteiger partial charge >= 0.3 is 5.97 Å². The highest BCUT2D eigenvalue weighted by Gasteiger charge is 2.33. The van der Waals surface area contributed by atoms with Crippen LogP contribution in [0.15, 0.2) is 23.6 Å². The Kier molecular flexibility index (Phi) is 6.67. The van der Waals surface area contributed by atoms with Crippen LogP contribution in [0, 0.1) is 13.8 Å². The number of aryl methyl sites for hydroxylation is 2. The summed E-state index contributed by atoms with van der Waals surface area (Å²) < 4.78 is 11.0. The van der Waals surface area contributed by atoms with Gasteiger partial charge in [0.2, 0.25) is 5.91 Å². The van der Waals surface area contributed by atoms with Gasteiger partial charge in [0.1, 0.15) is 17.2 Å². The maximum Gasteiger partial charge on any atom is 0.350 e. The van der Waals surface area contributed by atoms with Crippen molar-refractivity contribution in [1.82, 2.24) is 9.97 Å². The van der Waals surface area contributed by atoms with Gasteiger partial charge in [0.25, 0.3) is 5.91 Å². The molecule has 3 heterocycles. The van der Waals surface area contributed by atoms with E-state index in [4.69, 9.17) is 9.47 Å². The number of carbonyl (C=O) groups excluding carboxylic acids is 3. The van der Waals surface area contributed by atoms with E-state index in [9.17, 15) is 14.4 Å². The van der Waals surface area contributed by atoms with Crippen LogP contribution in [0.25, 0.3) is 11.3 Å². The summed E-state index contributed by atoms with van der Waals surface area (Å²) in [4.78, 5) is 48.5. The van der Waals surface area contributed by atoms with E-state index in [0.717, 1.165) is 27.6 Å². The first-order valence-electron chi connectivity index (χ1n) is 10.6. The summed E-state index contributed by atoms with van der Waals surface area (Å²) in [5, 5.41) is 5.82. The van der Waals surface area contributed by atoms with Crippen molar-refractivity contribution < 1.29 is 23.9 Å². The highest BCUT2D eigenvalue weighted by molar-refractivity contribution is 7.17. The number of anilines is 2. The monoisotopic (exact) mass is 500 g/mol. The molecule has 34 heavy (non-hydrogen) atoms. The number of carbonyl (C=O) groups is 3. The van der Waals surface area contributed by atoms with Gasteiger partial charge in [-0.3, -0.25) is 14.5 Å². The van der Waals surface area contributed by atoms with Gasteiger partial charge in [0.15, 0.2) is 11.2 Å². The molecule has 0 saturated carbocycles. The molecule has 4 rings (SSSR count). The van der Waals surface area contributed by atoms with Crippen LogP contribution in [-0.2, 0) is 14.3 Å². The maximum absolute atomic E-state index is 12.9. The molecule has 1 unspecified atom stereocenters. The van der Waals surface area contributed by atoms with Gasteiger partial charge in [-0.15, -0.1) is 11.3 Å². The van der Waals surface area contributed by atoms with Gasteiger partial charge < -0.3 is 14.8 Å². The third kappa shape index (κ3) is 4.95. The lowest BCUT2D eigenvalue weighted by atomic mass is 10.1. The number of thiazole rings is 2. The molecule has 0 aliphatic carbocycles. The van der Waals surface area contributed by atoms with Crippen LogP contribution in [0.3, 0.4) is 0 Å². The molecule has 1 aromatic carbocycles. The number of esters is 1. The molecule has 3 aromatic rings. The Bertz CT molecular complexity index is 1270. The fraction of sp³-hybridized carbons (Fsp3) is 0.348. The number of rotatable bonds is 6. The van der Waals surface area contributed by atoms with Crippen molar-refractivity contribution in [3.05, 3.63) is 39.2 Å². The minimum atomic E-state index is -0.729. The van der Waals surface area contributed by atoms with E-state index in [1.165, 1.54) is 16.2 Å². The van der Waals surface area contributed by atoms with Crippen LogP contribution < -0.4 is 15.0 Å². The second kappa shape index (κ2) is 9.51. The van der Waals surface area contributed by atoms with Crippen molar-refractivity contribution >= 4 is 51.3 Å². The maximum atomic E-state index is 12.9. The van der Waals surface area contributed by atoms with E-state index in [1.54, 1.807) is 39.8 Å². The SMILES string of the molecule is Cc1nc(-c2ccc3c(c2)N(CC(=O)Nc2nc(C)c(C(=O)OC(C)C)s2)C(=O)C(C)O3)cs1. The van der Waals surface area contributed by atoms with E-state index in [-0.39, 0.29) is 23.7 Å². The molecule has 0 bridgehead atoms. The van der Waals surface area contributed by atoms with Crippen molar-refractivity contribution in [2.24, 2.45) is 0 Å². The van der Waals surface area contributed by atoms with Gasteiger partial charge in [0, 0.05) is 10.9 Å². The lowest BCUT2D eigenvalue weighted by molar-refractivity contribution is -0.127. The fourth-order valence-corrected chi connectivity index (χ4v) is 4.92. The first-order valence-corrected chi connectivity index (χ1v) is 12.3. The second-order valence-corrected chi connectivity index (χ2v) is 10.1. The molecule has 0 saturated heterocycles. The number of fused-ring (bicyclic) bond motifs is 1. The molecule has 1 atom stereocenters. The van der Waals surface area contributed by atoms with E-state index in [1.807, 2.05) is 18.4 Å². The zero-order valence-electron chi connectivity index (χ0n) is 19.4. The predicted molar refractivity (Wildman–Crippen MR) is 131 cm³/mol. The highest BCUT2D eigenvalue weighted by Crippen LogP contribution is 2.37. The standard InChI is InChI=1S/C23H24N4O5S2/c1-11(2)31-22(30)20-12(3)24-23(34-20)26-19(28)9-27-17-8-15(16-10-33-14(5)25-16)6-7-18(17)32-13(4)21(27)29/h6-8,10-11,13H,9H2,1-5H3,(H,24,26,28). The second-order valence-electron chi connectivity index (χ2n) is 8.05. The molecule has 178 valence electrons. The molecule has 9 nitrogen and oxygen atoms in total. The number of amides is 2. The number of aromatic nitrogens is 2. The minimum absolute atomic E-state index is 0.233. The third-order valence-corrected chi connectivity index (χ3v) is 6.78. The lowest BCUT2D eigenvalue weighted by Gasteiger charge is -2.32. The molecule has 11 heteroatoms. The zero-order valence-corrected chi connectivity index (χ0v) is 21.0. The summed E-state index contributed by atoms with van der Waals surface area (Å²) in [7, 11) is 0. The van der Waals surface area contributed by atoms with Gasteiger partial charge in [0.05, 0.1) is 28.2 Å². The first-order chi connectivity index (χ1) is 16.1. The highest BCUT2D eigenvalue weighted by atomic mass is 32.1.